The van der Waals surface area contributed by atoms with Gasteiger partial charge in [-0.05, 0) is 49.3 Å². The molecule has 10 nitrogen and oxygen atoms in total. The highest BCUT2D eigenvalue weighted by atomic mass is 35.5. The quantitative estimate of drug-likeness (QED) is 0.278. The van der Waals surface area contributed by atoms with E-state index in [0.717, 1.165) is 40.1 Å². The number of nitrogens with one attached hydrogen (secondary N) is 1. The van der Waals surface area contributed by atoms with Crippen LogP contribution in [0.1, 0.15) is 62.4 Å². The number of thiazole rings is 1. The van der Waals surface area contributed by atoms with Crippen molar-refractivity contribution >= 4 is 52.5 Å². The molecule has 2 aliphatic rings. The van der Waals surface area contributed by atoms with E-state index in [2.05, 4.69) is 10.3 Å². The number of likely N-dealkylation sites (tertiary alicyclic amines) is 1. The number of anilines is 1. The molecule has 3 aromatic rings. The van der Waals surface area contributed by atoms with Crippen LogP contribution in [0.25, 0.3) is 6.08 Å². The number of aromatic nitrogens is 2. The maximum absolute atomic E-state index is 15.4. The number of nitrogens with zero attached hydrogens (tertiary/aromatic N) is 4. The maximum atomic E-state index is 15.4. The number of allylic oxidation sites excluding steroid dienone is 1. The highest BCUT2D eigenvalue weighted by Crippen LogP contribution is 2.39. The number of aryl methyl sites for hydroxylation is 2. The molecule has 1 saturated heterocycles. The average molecular weight is 644 g/mol. The molecule has 44 heavy (non-hydrogen) atoms. The lowest BCUT2D eigenvalue weighted by Crippen LogP contribution is -2.34. The van der Waals surface area contributed by atoms with Gasteiger partial charge in [0.05, 0.1) is 42.3 Å². The standard InChI is InChI=1S/C31H35ClFN5O5S/c1-36-17-22(21-6-4-5-7-26(21)36)30(42)35-25-13-24(33)19(11-23(25)32)12-28(39)38-16-18(15-37(2)43-3)10-27(38)31-34-14-20(44-31)8-9-29(40)41/h4,6,11,13-14,17-18,27H,5,7-10,12,15-16H2,1-3H3,(H,35,42)(H,40,41)/t18?,27-/m0/s1. The molecule has 1 aliphatic heterocycles. The summed E-state index contributed by atoms with van der Waals surface area (Å²) in [6, 6.07) is 2.21. The molecule has 0 radical (unpaired) electrons. The van der Waals surface area contributed by atoms with Gasteiger partial charge < -0.3 is 24.7 Å². The van der Waals surface area contributed by atoms with E-state index >= 15 is 4.39 Å². The predicted octanol–water partition coefficient (Wildman–Crippen LogP) is 5.13. The van der Waals surface area contributed by atoms with Gasteiger partial charge in [0.2, 0.25) is 5.91 Å². The monoisotopic (exact) mass is 643 g/mol. The van der Waals surface area contributed by atoms with E-state index in [1.165, 1.54) is 17.4 Å². The first-order valence-corrected chi connectivity index (χ1v) is 15.6. The van der Waals surface area contributed by atoms with Gasteiger partial charge in [0.15, 0.2) is 0 Å². The summed E-state index contributed by atoms with van der Waals surface area (Å²) in [6.07, 6.45) is 9.88. The highest BCUT2D eigenvalue weighted by Gasteiger charge is 2.38. The molecule has 2 aromatic heterocycles. The summed E-state index contributed by atoms with van der Waals surface area (Å²) in [5, 5.41) is 14.3. The van der Waals surface area contributed by atoms with E-state index in [1.807, 2.05) is 30.8 Å². The highest BCUT2D eigenvalue weighted by molar-refractivity contribution is 7.11. The van der Waals surface area contributed by atoms with E-state index in [1.54, 1.807) is 29.5 Å². The molecule has 2 amide bonds. The summed E-state index contributed by atoms with van der Waals surface area (Å²) >= 11 is 7.90. The minimum Gasteiger partial charge on any atom is -0.481 e. The molecular weight excluding hydrogens is 609 g/mol. The molecule has 13 heteroatoms. The Kier molecular flexibility index (Phi) is 9.84. The van der Waals surface area contributed by atoms with Crippen molar-refractivity contribution in [1.29, 1.82) is 0 Å². The number of carboxylic acid groups (broad SMARTS) is 1. The number of hydroxylamine groups is 2. The Labute approximate surface area is 264 Å². The van der Waals surface area contributed by atoms with E-state index in [9.17, 15) is 14.4 Å². The number of benzene rings is 1. The fourth-order valence-corrected chi connectivity index (χ4v) is 7.16. The van der Waals surface area contributed by atoms with Crippen molar-refractivity contribution in [3.8, 4) is 0 Å². The molecule has 5 rings (SSSR count). The Hall–Kier alpha value is -3.58. The van der Waals surface area contributed by atoms with Crippen LogP contribution in [-0.4, -0.2) is 69.7 Å². The molecule has 1 unspecified atom stereocenters. The van der Waals surface area contributed by atoms with Crippen molar-refractivity contribution < 1.29 is 28.7 Å². The number of carbonyl (C=O) groups is 3. The molecule has 0 spiro atoms. The maximum Gasteiger partial charge on any atom is 0.303 e. The third-order valence-corrected chi connectivity index (χ3v) is 9.60. The molecule has 0 bridgehead atoms. The number of rotatable bonds is 11. The second kappa shape index (κ2) is 13.6. The minimum atomic E-state index is -0.886. The smallest absolute Gasteiger partial charge is 0.303 e. The number of amides is 2. The molecule has 1 aromatic carbocycles. The predicted molar refractivity (Wildman–Crippen MR) is 166 cm³/mol. The molecule has 2 atom stereocenters. The number of aliphatic carboxylic acids is 1. The van der Waals surface area contributed by atoms with Crippen LogP contribution in [0.2, 0.25) is 5.02 Å². The third-order valence-electron chi connectivity index (χ3n) is 8.13. The van der Waals surface area contributed by atoms with E-state index in [0.29, 0.717) is 31.5 Å². The molecule has 2 N–H and O–H groups in total. The summed E-state index contributed by atoms with van der Waals surface area (Å²) in [7, 11) is 5.28. The van der Waals surface area contributed by atoms with Gasteiger partial charge in [0, 0.05) is 55.7 Å². The lowest BCUT2D eigenvalue weighted by molar-refractivity contribution is -0.137. The Bertz CT molecular complexity index is 1600. The molecule has 0 saturated carbocycles. The summed E-state index contributed by atoms with van der Waals surface area (Å²) in [5.41, 5.74) is 2.64. The molecule has 1 aliphatic carbocycles. The molecule has 3 heterocycles. The summed E-state index contributed by atoms with van der Waals surface area (Å²) < 4.78 is 17.3. The van der Waals surface area contributed by atoms with Crippen LogP contribution >= 0.6 is 22.9 Å². The second-order valence-corrected chi connectivity index (χ2v) is 12.8. The SMILES string of the molecule is CON(C)CC1C[C@@H](c2ncc(CCC(=O)O)s2)N(C(=O)Cc2cc(Cl)c(NC(=O)c3cn(C)c4c3C=CCC4)cc2F)C1. The summed E-state index contributed by atoms with van der Waals surface area (Å²) in [6.45, 7) is 1.02. The first-order chi connectivity index (χ1) is 21.0. The van der Waals surface area contributed by atoms with Crippen molar-refractivity contribution in [2.75, 3.05) is 32.6 Å². The summed E-state index contributed by atoms with van der Waals surface area (Å²) in [4.78, 5) is 50.2. The number of hydrogen-bond acceptors (Lipinski definition) is 7. The van der Waals surface area contributed by atoms with Crippen LogP contribution in [-0.2, 0) is 40.7 Å². The Balaban J connectivity index is 1.32. The van der Waals surface area contributed by atoms with Gasteiger partial charge in [-0.1, -0.05) is 23.8 Å². The number of fused-ring (bicyclic) bond motifs is 1. The normalized spacial score (nSPS) is 17.7. The van der Waals surface area contributed by atoms with Crippen molar-refractivity contribution in [3.05, 3.63) is 73.7 Å². The van der Waals surface area contributed by atoms with Crippen LogP contribution in [0.15, 0.2) is 30.6 Å². The van der Waals surface area contributed by atoms with Crippen molar-refractivity contribution in [2.24, 2.45) is 13.0 Å². The van der Waals surface area contributed by atoms with Gasteiger partial charge in [0.1, 0.15) is 10.8 Å². The van der Waals surface area contributed by atoms with E-state index in [4.69, 9.17) is 21.5 Å². The van der Waals surface area contributed by atoms with Gasteiger partial charge in [-0.2, -0.15) is 5.06 Å². The fraction of sp³-hybridized carbons (Fsp3) is 0.419. The zero-order valence-corrected chi connectivity index (χ0v) is 26.4. The van der Waals surface area contributed by atoms with Crippen molar-refractivity contribution in [1.82, 2.24) is 19.5 Å². The minimum absolute atomic E-state index is 0.00269. The van der Waals surface area contributed by atoms with Gasteiger partial charge in [-0.15, -0.1) is 11.3 Å². The zero-order chi connectivity index (χ0) is 31.5. The molecule has 234 valence electrons. The number of halogens is 2. The van der Waals surface area contributed by atoms with Crippen molar-refractivity contribution in [2.45, 2.75) is 44.6 Å². The first kappa shape index (κ1) is 31.8. The largest absolute Gasteiger partial charge is 0.481 e. The fourth-order valence-electron chi connectivity index (χ4n) is 5.88. The Morgan fingerprint density at radius 3 is 2.86 bits per heavy atom. The average Bonchev–Trinajstić information content (AvgIpc) is 3.72. The van der Waals surface area contributed by atoms with Crippen LogP contribution in [0.4, 0.5) is 10.1 Å². The topological polar surface area (TPSA) is 117 Å². The zero-order valence-electron chi connectivity index (χ0n) is 24.8. The third kappa shape index (κ3) is 7.04. The van der Waals surface area contributed by atoms with Crippen LogP contribution in [0.3, 0.4) is 0 Å². The first-order valence-electron chi connectivity index (χ1n) is 14.4. The number of hydrogen-bond donors (Lipinski definition) is 2. The lowest BCUT2D eigenvalue weighted by atomic mass is 10.0. The Morgan fingerprint density at radius 1 is 1.32 bits per heavy atom. The number of carboxylic acids is 1. The van der Waals surface area contributed by atoms with Gasteiger partial charge in [-0.3, -0.25) is 14.4 Å². The number of carbonyl (C=O) groups excluding carboxylic acids is 2. The second-order valence-electron chi connectivity index (χ2n) is 11.2. The van der Waals surface area contributed by atoms with Crippen LogP contribution in [0.5, 0.6) is 0 Å². The van der Waals surface area contributed by atoms with Gasteiger partial charge >= 0.3 is 5.97 Å². The molecule has 1 fully saturated rings. The van der Waals surface area contributed by atoms with Crippen molar-refractivity contribution in [3.63, 3.8) is 0 Å². The van der Waals surface area contributed by atoms with Gasteiger partial charge in [0.25, 0.3) is 5.91 Å². The summed E-state index contributed by atoms with van der Waals surface area (Å²) in [5.74, 6) is -2.12. The van der Waals surface area contributed by atoms with Crippen LogP contribution in [0, 0.1) is 11.7 Å². The van der Waals surface area contributed by atoms with E-state index in [-0.39, 0.29) is 47.0 Å². The van der Waals surface area contributed by atoms with Crippen LogP contribution < -0.4 is 5.32 Å². The van der Waals surface area contributed by atoms with Gasteiger partial charge in [-0.25, -0.2) is 9.37 Å². The Morgan fingerprint density at radius 2 is 2.11 bits per heavy atom. The molecular formula is C31H35ClFN5O5S. The lowest BCUT2D eigenvalue weighted by Gasteiger charge is -2.24. The van der Waals surface area contributed by atoms with E-state index < -0.39 is 17.7 Å².